The van der Waals surface area contributed by atoms with Crippen molar-refractivity contribution in [3.05, 3.63) is 24.3 Å². The van der Waals surface area contributed by atoms with E-state index in [9.17, 15) is 5.11 Å². The van der Waals surface area contributed by atoms with Crippen molar-refractivity contribution in [2.75, 3.05) is 19.8 Å². The molecule has 0 saturated carbocycles. The molecule has 0 heterocycles. The summed E-state index contributed by atoms with van der Waals surface area (Å²) in [5.74, 6) is 1.50. The fraction of sp³-hybridized carbons (Fsp3) is 0.500. The van der Waals surface area contributed by atoms with Crippen molar-refractivity contribution in [2.24, 2.45) is 5.73 Å². The van der Waals surface area contributed by atoms with Crippen molar-refractivity contribution >= 4 is 0 Å². The normalized spacial score (nSPS) is 14.2. The molecule has 1 unspecified atom stereocenters. The predicted molar refractivity (Wildman–Crippen MR) is 62.8 cm³/mol. The Morgan fingerprint density at radius 2 is 1.69 bits per heavy atom. The maximum atomic E-state index is 9.65. The fourth-order valence-corrected chi connectivity index (χ4v) is 1.10. The largest absolute Gasteiger partial charge is 0.494 e. The Kier molecular flexibility index (Phi) is 4.58. The highest BCUT2D eigenvalue weighted by molar-refractivity contribution is 5.31. The first-order valence-corrected chi connectivity index (χ1v) is 5.35. The minimum Gasteiger partial charge on any atom is -0.494 e. The summed E-state index contributed by atoms with van der Waals surface area (Å²) < 4.78 is 10.7. The zero-order valence-corrected chi connectivity index (χ0v) is 9.77. The SMILES string of the molecule is CCOc1ccc(OCC(C)(O)CN)cc1. The number of nitrogens with two attached hydrogens (primary N) is 1. The molecule has 16 heavy (non-hydrogen) atoms. The van der Waals surface area contributed by atoms with E-state index in [1.807, 2.05) is 19.1 Å². The van der Waals surface area contributed by atoms with Crippen LogP contribution in [-0.4, -0.2) is 30.5 Å². The Morgan fingerprint density at radius 1 is 1.19 bits per heavy atom. The van der Waals surface area contributed by atoms with E-state index in [-0.39, 0.29) is 13.2 Å². The second kappa shape index (κ2) is 5.72. The molecule has 0 saturated heterocycles. The highest BCUT2D eigenvalue weighted by atomic mass is 16.5. The number of ether oxygens (including phenoxy) is 2. The van der Waals surface area contributed by atoms with Crippen LogP contribution in [0.2, 0.25) is 0 Å². The zero-order chi connectivity index (χ0) is 12.0. The van der Waals surface area contributed by atoms with Gasteiger partial charge in [-0.3, -0.25) is 0 Å². The molecule has 0 radical (unpaired) electrons. The summed E-state index contributed by atoms with van der Waals surface area (Å²) in [5.41, 5.74) is 4.40. The lowest BCUT2D eigenvalue weighted by Gasteiger charge is -2.21. The molecule has 0 aliphatic carbocycles. The Morgan fingerprint density at radius 3 is 2.12 bits per heavy atom. The van der Waals surface area contributed by atoms with E-state index in [0.29, 0.717) is 12.4 Å². The third-order valence-corrected chi connectivity index (χ3v) is 2.12. The summed E-state index contributed by atoms with van der Waals surface area (Å²) in [7, 11) is 0. The summed E-state index contributed by atoms with van der Waals surface area (Å²) in [5, 5.41) is 9.65. The van der Waals surface area contributed by atoms with Gasteiger partial charge in [-0.25, -0.2) is 0 Å². The summed E-state index contributed by atoms with van der Waals surface area (Å²) in [6.07, 6.45) is 0. The van der Waals surface area contributed by atoms with Crippen LogP contribution < -0.4 is 15.2 Å². The molecule has 90 valence electrons. The Balaban J connectivity index is 2.49. The molecule has 0 aliphatic heterocycles. The van der Waals surface area contributed by atoms with Crippen molar-refractivity contribution < 1.29 is 14.6 Å². The number of hydrogen-bond donors (Lipinski definition) is 2. The van der Waals surface area contributed by atoms with Gasteiger partial charge in [0.15, 0.2) is 0 Å². The molecule has 1 aromatic carbocycles. The van der Waals surface area contributed by atoms with E-state index in [4.69, 9.17) is 15.2 Å². The molecule has 4 nitrogen and oxygen atoms in total. The quantitative estimate of drug-likeness (QED) is 0.763. The van der Waals surface area contributed by atoms with Gasteiger partial charge < -0.3 is 20.3 Å². The molecule has 0 fully saturated rings. The zero-order valence-electron chi connectivity index (χ0n) is 9.77. The van der Waals surface area contributed by atoms with E-state index in [0.717, 1.165) is 5.75 Å². The second-order valence-electron chi connectivity index (χ2n) is 3.89. The first kappa shape index (κ1) is 12.8. The molecule has 1 atom stereocenters. The van der Waals surface area contributed by atoms with Crippen molar-refractivity contribution in [1.29, 1.82) is 0 Å². The van der Waals surface area contributed by atoms with Crippen molar-refractivity contribution in [3.8, 4) is 11.5 Å². The monoisotopic (exact) mass is 225 g/mol. The van der Waals surface area contributed by atoms with Crippen molar-refractivity contribution in [1.82, 2.24) is 0 Å². The van der Waals surface area contributed by atoms with Crippen LogP contribution in [0.3, 0.4) is 0 Å². The van der Waals surface area contributed by atoms with Gasteiger partial charge in [-0.2, -0.15) is 0 Å². The number of rotatable bonds is 6. The van der Waals surface area contributed by atoms with Crippen LogP contribution in [0.1, 0.15) is 13.8 Å². The topological polar surface area (TPSA) is 64.7 Å². The van der Waals surface area contributed by atoms with Crippen molar-refractivity contribution in [2.45, 2.75) is 19.4 Å². The lowest BCUT2D eigenvalue weighted by atomic mass is 10.1. The van der Waals surface area contributed by atoms with Gasteiger partial charge in [0.05, 0.1) is 6.61 Å². The molecular formula is C12H19NO3. The number of aliphatic hydroxyl groups is 1. The molecule has 3 N–H and O–H groups in total. The first-order chi connectivity index (χ1) is 7.57. The highest BCUT2D eigenvalue weighted by Crippen LogP contribution is 2.18. The molecule has 1 rings (SSSR count). The first-order valence-electron chi connectivity index (χ1n) is 5.35. The summed E-state index contributed by atoms with van der Waals surface area (Å²) in [6.45, 7) is 4.56. The lowest BCUT2D eigenvalue weighted by Crippen LogP contribution is -2.40. The molecule has 0 aromatic heterocycles. The van der Waals surface area contributed by atoms with E-state index in [1.54, 1.807) is 19.1 Å². The van der Waals surface area contributed by atoms with Crippen LogP contribution in [0, 0.1) is 0 Å². The number of hydrogen-bond acceptors (Lipinski definition) is 4. The molecule has 0 aliphatic rings. The van der Waals surface area contributed by atoms with Gasteiger partial charge in [-0.1, -0.05) is 0 Å². The Labute approximate surface area is 96.0 Å². The van der Waals surface area contributed by atoms with Gasteiger partial charge in [-0.15, -0.1) is 0 Å². The number of benzene rings is 1. The maximum absolute atomic E-state index is 9.65. The molecule has 0 bridgehead atoms. The summed E-state index contributed by atoms with van der Waals surface area (Å²) in [4.78, 5) is 0. The average molecular weight is 225 g/mol. The molecule has 4 heteroatoms. The Bertz CT molecular complexity index is 309. The standard InChI is InChI=1S/C12H19NO3/c1-3-15-10-4-6-11(7-5-10)16-9-12(2,14)8-13/h4-7,14H,3,8-9,13H2,1-2H3. The smallest absolute Gasteiger partial charge is 0.119 e. The lowest BCUT2D eigenvalue weighted by molar-refractivity contribution is 0.0195. The molecule has 0 amide bonds. The third kappa shape index (κ3) is 4.08. The van der Waals surface area contributed by atoms with E-state index in [2.05, 4.69) is 0 Å². The van der Waals surface area contributed by atoms with Gasteiger partial charge in [0.25, 0.3) is 0 Å². The molecule has 0 spiro atoms. The van der Waals surface area contributed by atoms with Crippen LogP contribution in [0.25, 0.3) is 0 Å². The predicted octanol–water partition coefficient (Wildman–Crippen LogP) is 1.17. The Hall–Kier alpha value is -1.26. The highest BCUT2D eigenvalue weighted by Gasteiger charge is 2.18. The van der Waals surface area contributed by atoms with E-state index in [1.165, 1.54) is 0 Å². The van der Waals surface area contributed by atoms with Crippen LogP contribution in [0.15, 0.2) is 24.3 Å². The minimum atomic E-state index is -0.988. The maximum Gasteiger partial charge on any atom is 0.119 e. The van der Waals surface area contributed by atoms with Crippen LogP contribution in [0.5, 0.6) is 11.5 Å². The van der Waals surface area contributed by atoms with Gasteiger partial charge in [0.1, 0.15) is 23.7 Å². The molecular weight excluding hydrogens is 206 g/mol. The van der Waals surface area contributed by atoms with E-state index >= 15 is 0 Å². The van der Waals surface area contributed by atoms with Crippen molar-refractivity contribution in [3.63, 3.8) is 0 Å². The van der Waals surface area contributed by atoms with Gasteiger partial charge in [0.2, 0.25) is 0 Å². The van der Waals surface area contributed by atoms with Gasteiger partial charge in [-0.05, 0) is 38.1 Å². The summed E-state index contributed by atoms with van der Waals surface area (Å²) in [6, 6.07) is 7.27. The minimum absolute atomic E-state index is 0.171. The second-order valence-corrected chi connectivity index (χ2v) is 3.89. The van der Waals surface area contributed by atoms with E-state index < -0.39 is 5.60 Å². The van der Waals surface area contributed by atoms with Crippen LogP contribution in [-0.2, 0) is 0 Å². The fourth-order valence-electron chi connectivity index (χ4n) is 1.10. The van der Waals surface area contributed by atoms with Gasteiger partial charge >= 0.3 is 0 Å². The third-order valence-electron chi connectivity index (χ3n) is 2.12. The summed E-state index contributed by atoms with van der Waals surface area (Å²) >= 11 is 0. The van der Waals surface area contributed by atoms with Crippen LogP contribution >= 0.6 is 0 Å². The van der Waals surface area contributed by atoms with Crippen LogP contribution in [0.4, 0.5) is 0 Å². The molecule has 1 aromatic rings. The average Bonchev–Trinajstić information content (AvgIpc) is 2.29. The van der Waals surface area contributed by atoms with Gasteiger partial charge in [0, 0.05) is 6.54 Å².